The van der Waals surface area contributed by atoms with Gasteiger partial charge in [-0.25, -0.2) is 0 Å². The number of aliphatic hydroxyl groups excluding tert-OH is 1. The van der Waals surface area contributed by atoms with Crippen LogP contribution in [-0.4, -0.2) is 24.2 Å². The van der Waals surface area contributed by atoms with Crippen LogP contribution in [0, 0.1) is 0 Å². The van der Waals surface area contributed by atoms with Gasteiger partial charge in [0.2, 0.25) is 0 Å². The Kier molecular flexibility index (Phi) is 3.59. The highest BCUT2D eigenvalue weighted by molar-refractivity contribution is 5.85. The van der Waals surface area contributed by atoms with Gasteiger partial charge < -0.3 is 10.0 Å². The molecule has 106 valence electrons. The van der Waals surface area contributed by atoms with Gasteiger partial charge in [0, 0.05) is 43.1 Å². The molecular formula is C18H18N2O. The first-order valence-corrected chi connectivity index (χ1v) is 6.95. The monoisotopic (exact) mass is 278 g/mol. The molecule has 0 amide bonds. The highest BCUT2D eigenvalue weighted by Crippen LogP contribution is 2.28. The Morgan fingerprint density at radius 3 is 2.38 bits per heavy atom. The number of hydrogen-bond acceptors (Lipinski definition) is 3. The molecule has 0 bridgehead atoms. The van der Waals surface area contributed by atoms with Gasteiger partial charge in [0.05, 0.1) is 0 Å². The molecule has 0 fully saturated rings. The molecule has 1 atom stereocenters. The number of pyridine rings is 1. The summed E-state index contributed by atoms with van der Waals surface area (Å²) in [6.07, 6.45) is 2.90. The van der Waals surface area contributed by atoms with Crippen molar-refractivity contribution in [3.05, 3.63) is 72.1 Å². The second-order valence-electron chi connectivity index (χ2n) is 5.34. The predicted octanol–water partition coefficient (Wildman–Crippen LogP) is 3.38. The van der Waals surface area contributed by atoms with Gasteiger partial charge in [-0.3, -0.25) is 4.98 Å². The van der Waals surface area contributed by atoms with E-state index in [1.54, 1.807) is 6.20 Å². The first-order chi connectivity index (χ1) is 10.2. The zero-order chi connectivity index (χ0) is 14.8. The molecule has 0 aliphatic heterocycles. The molecule has 0 radical (unpaired) electrons. The van der Waals surface area contributed by atoms with Crippen LogP contribution in [0.5, 0.6) is 0 Å². The summed E-state index contributed by atoms with van der Waals surface area (Å²) in [5, 5.41) is 12.7. The molecule has 0 saturated heterocycles. The van der Waals surface area contributed by atoms with E-state index in [1.807, 2.05) is 73.7 Å². The second kappa shape index (κ2) is 5.54. The number of aliphatic hydroxyl groups is 1. The van der Waals surface area contributed by atoms with Crippen LogP contribution in [0.25, 0.3) is 10.8 Å². The van der Waals surface area contributed by atoms with Crippen LogP contribution in [0.1, 0.15) is 17.2 Å². The van der Waals surface area contributed by atoms with Crippen LogP contribution >= 0.6 is 0 Å². The Labute approximate surface area is 124 Å². The minimum absolute atomic E-state index is 0.667. The van der Waals surface area contributed by atoms with Crippen LogP contribution in [0.3, 0.4) is 0 Å². The molecule has 0 aliphatic carbocycles. The maximum Gasteiger partial charge on any atom is 0.106 e. The molecule has 3 heteroatoms. The summed E-state index contributed by atoms with van der Waals surface area (Å²) in [6.45, 7) is 0. The highest BCUT2D eigenvalue weighted by Gasteiger charge is 2.14. The summed E-state index contributed by atoms with van der Waals surface area (Å²) < 4.78 is 0. The van der Waals surface area contributed by atoms with E-state index in [0.717, 1.165) is 27.6 Å². The highest BCUT2D eigenvalue weighted by atomic mass is 16.3. The van der Waals surface area contributed by atoms with Gasteiger partial charge in [0.25, 0.3) is 0 Å². The van der Waals surface area contributed by atoms with Gasteiger partial charge in [-0.2, -0.15) is 0 Å². The number of anilines is 1. The molecule has 3 nitrogen and oxygen atoms in total. The second-order valence-corrected chi connectivity index (χ2v) is 5.34. The summed E-state index contributed by atoms with van der Waals surface area (Å²) >= 11 is 0. The van der Waals surface area contributed by atoms with Crippen molar-refractivity contribution >= 4 is 16.5 Å². The van der Waals surface area contributed by atoms with Gasteiger partial charge >= 0.3 is 0 Å². The van der Waals surface area contributed by atoms with Crippen LogP contribution in [-0.2, 0) is 0 Å². The lowest BCUT2D eigenvalue weighted by Gasteiger charge is -2.16. The van der Waals surface area contributed by atoms with Crippen molar-refractivity contribution in [2.75, 3.05) is 19.0 Å². The minimum atomic E-state index is -0.667. The summed E-state index contributed by atoms with van der Waals surface area (Å²) in [5.41, 5.74) is 2.83. The van der Waals surface area contributed by atoms with E-state index in [0.29, 0.717) is 0 Å². The Balaban J connectivity index is 2.02. The molecule has 1 heterocycles. The Morgan fingerprint density at radius 2 is 1.67 bits per heavy atom. The first kappa shape index (κ1) is 13.6. The Bertz CT molecular complexity index is 745. The Morgan fingerprint density at radius 1 is 0.952 bits per heavy atom. The third-order valence-corrected chi connectivity index (χ3v) is 3.72. The molecule has 1 unspecified atom stereocenters. The van der Waals surface area contributed by atoms with Crippen LogP contribution < -0.4 is 4.90 Å². The maximum absolute atomic E-state index is 10.7. The van der Waals surface area contributed by atoms with Crippen molar-refractivity contribution in [3.63, 3.8) is 0 Å². The topological polar surface area (TPSA) is 36.4 Å². The average molecular weight is 278 g/mol. The predicted molar refractivity (Wildman–Crippen MR) is 86.6 cm³/mol. The number of nitrogens with zero attached hydrogens (tertiary/aromatic N) is 2. The van der Waals surface area contributed by atoms with Crippen molar-refractivity contribution in [1.82, 2.24) is 4.98 Å². The molecule has 0 saturated carbocycles. The minimum Gasteiger partial charge on any atom is -0.384 e. The third kappa shape index (κ3) is 2.60. The summed E-state index contributed by atoms with van der Waals surface area (Å²) in [4.78, 5) is 6.27. The zero-order valence-corrected chi connectivity index (χ0v) is 12.2. The third-order valence-electron chi connectivity index (χ3n) is 3.72. The normalized spacial score (nSPS) is 12.3. The molecule has 1 N–H and O–H groups in total. The summed E-state index contributed by atoms with van der Waals surface area (Å²) in [5.74, 6) is 0. The average Bonchev–Trinajstić information content (AvgIpc) is 2.53. The number of hydrogen-bond donors (Lipinski definition) is 1. The molecule has 0 spiro atoms. The lowest BCUT2D eigenvalue weighted by molar-refractivity contribution is 0.221. The molecule has 0 aliphatic rings. The maximum atomic E-state index is 10.7. The van der Waals surface area contributed by atoms with E-state index in [1.165, 1.54) is 0 Å². The standard InChI is InChI=1S/C18H18N2O/c1-20(2)15-9-7-13(8-10-15)18(21)17-12-19-11-14-5-3-4-6-16(14)17/h3-12,18,21H,1-2H3. The molecular weight excluding hydrogens is 260 g/mol. The largest absolute Gasteiger partial charge is 0.384 e. The van der Waals surface area contributed by atoms with Crippen molar-refractivity contribution in [3.8, 4) is 0 Å². The van der Waals surface area contributed by atoms with Crippen LogP contribution in [0.15, 0.2) is 60.9 Å². The summed E-state index contributed by atoms with van der Waals surface area (Å²) in [6, 6.07) is 15.9. The van der Waals surface area contributed by atoms with Crippen LogP contribution in [0.2, 0.25) is 0 Å². The van der Waals surface area contributed by atoms with Gasteiger partial charge in [0.15, 0.2) is 0 Å². The molecule has 3 rings (SSSR count). The molecule has 2 aromatic carbocycles. The van der Waals surface area contributed by atoms with E-state index in [4.69, 9.17) is 0 Å². The number of fused-ring (bicyclic) bond motifs is 1. The van der Waals surface area contributed by atoms with E-state index < -0.39 is 6.10 Å². The fourth-order valence-electron chi connectivity index (χ4n) is 2.49. The lowest BCUT2D eigenvalue weighted by atomic mass is 9.98. The number of rotatable bonds is 3. The van der Waals surface area contributed by atoms with Crippen molar-refractivity contribution in [2.45, 2.75) is 6.10 Å². The van der Waals surface area contributed by atoms with Crippen molar-refractivity contribution in [1.29, 1.82) is 0 Å². The van der Waals surface area contributed by atoms with Crippen molar-refractivity contribution in [2.24, 2.45) is 0 Å². The first-order valence-electron chi connectivity index (χ1n) is 6.95. The lowest BCUT2D eigenvalue weighted by Crippen LogP contribution is -2.09. The van der Waals surface area contributed by atoms with Crippen LogP contribution in [0.4, 0.5) is 5.69 Å². The fourth-order valence-corrected chi connectivity index (χ4v) is 2.49. The molecule has 21 heavy (non-hydrogen) atoms. The summed E-state index contributed by atoms with van der Waals surface area (Å²) in [7, 11) is 4.00. The SMILES string of the molecule is CN(C)c1ccc(C(O)c2cncc3ccccc23)cc1. The number of benzene rings is 2. The van der Waals surface area contributed by atoms with Gasteiger partial charge in [-0.15, -0.1) is 0 Å². The van der Waals surface area contributed by atoms with E-state index >= 15 is 0 Å². The van der Waals surface area contributed by atoms with Gasteiger partial charge in [0.1, 0.15) is 6.10 Å². The van der Waals surface area contributed by atoms with E-state index in [2.05, 4.69) is 4.98 Å². The number of aromatic nitrogens is 1. The van der Waals surface area contributed by atoms with E-state index in [9.17, 15) is 5.11 Å². The Hall–Kier alpha value is -2.39. The van der Waals surface area contributed by atoms with Gasteiger partial charge in [-0.1, -0.05) is 36.4 Å². The van der Waals surface area contributed by atoms with Crippen molar-refractivity contribution < 1.29 is 5.11 Å². The van der Waals surface area contributed by atoms with E-state index in [-0.39, 0.29) is 0 Å². The molecule has 3 aromatic rings. The smallest absolute Gasteiger partial charge is 0.106 e. The quantitative estimate of drug-likeness (QED) is 0.798. The zero-order valence-electron chi connectivity index (χ0n) is 12.2. The fraction of sp³-hybridized carbons (Fsp3) is 0.167. The molecule has 1 aromatic heterocycles. The van der Waals surface area contributed by atoms with Gasteiger partial charge in [-0.05, 0) is 23.1 Å².